The minimum atomic E-state index is -1.03. The highest BCUT2D eigenvalue weighted by atomic mass is 32.2. The van der Waals surface area contributed by atoms with Gasteiger partial charge in [0.15, 0.2) is 29.6 Å². The van der Waals surface area contributed by atoms with Crippen molar-refractivity contribution in [1.29, 1.82) is 21.0 Å². The topological polar surface area (TPSA) is 353 Å². The number of nitrogens with zero attached hydrogens (tertiary/aromatic N) is 12. The summed E-state index contributed by atoms with van der Waals surface area (Å²) in [5, 5.41) is 57.0. The molecule has 0 fully saturated rings. The first-order valence-electron chi connectivity index (χ1n) is 42.1. The van der Waals surface area contributed by atoms with Crippen LogP contribution in [-0.2, 0) is 105 Å². The zero-order chi connectivity index (χ0) is 96.4. The summed E-state index contributed by atoms with van der Waals surface area (Å²) in [4.78, 5) is 58.9. The van der Waals surface area contributed by atoms with Crippen LogP contribution in [0.3, 0.4) is 0 Å². The van der Waals surface area contributed by atoms with E-state index in [-0.39, 0.29) is 57.9 Å². The number of hydrogen-bond donors (Lipinski definition) is 0. The van der Waals surface area contributed by atoms with Crippen molar-refractivity contribution in [3.05, 3.63) is 224 Å². The monoisotopic (exact) mass is 1800 g/mol. The van der Waals surface area contributed by atoms with Gasteiger partial charge < -0.3 is 52.1 Å². The van der Waals surface area contributed by atoms with Gasteiger partial charge in [-0.3, -0.25) is 23.5 Å². The molecule has 0 radical (unpaired) electrons. The molecule has 686 valence electrons. The van der Waals surface area contributed by atoms with Crippen LogP contribution in [0.2, 0.25) is 0 Å². The number of rotatable bonds is 30. The second-order valence-electron chi connectivity index (χ2n) is 33.1. The molecule has 0 spiro atoms. The summed E-state index contributed by atoms with van der Waals surface area (Å²) in [6, 6.07) is 47.5. The Kier molecular flexibility index (Phi) is 41.0. The number of aryl methyl sites for hydroxylation is 8. The molecule has 4 unspecified atom stereocenters. The molecule has 8 aromatic rings. The van der Waals surface area contributed by atoms with Crippen molar-refractivity contribution in [1.82, 2.24) is 39.1 Å². The number of carbonyl (C=O) groups is 5. The van der Waals surface area contributed by atoms with E-state index in [9.17, 15) is 45.0 Å². The summed E-state index contributed by atoms with van der Waals surface area (Å²) in [6.45, 7) is 54.6. The van der Waals surface area contributed by atoms with E-state index in [1.165, 1.54) is 25.7 Å². The van der Waals surface area contributed by atoms with E-state index >= 15 is 0 Å². The van der Waals surface area contributed by atoms with Crippen LogP contribution >= 0.6 is 23.5 Å². The van der Waals surface area contributed by atoms with Crippen LogP contribution in [0.25, 0.3) is 45.3 Å². The fourth-order valence-electron chi connectivity index (χ4n) is 12.4. The van der Waals surface area contributed by atoms with Crippen LogP contribution in [0.1, 0.15) is 235 Å². The summed E-state index contributed by atoms with van der Waals surface area (Å²) < 4.78 is 66.1. The Balaban J connectivity index is 0.000000305. The molecule has 0 aliphatic carbocycles. The number of ether oxygens (including phenoxy) is 11. The van der Waals surface area contributed by atoms with E-state index in [0.29, 0.717) is 111 Å². The second kappa shape index (κ2) is 49.8. The highest BCUT2D eigenvalue weighted by Crippen LogP contribution is 2.38. The highest BCUT2D eigenvalue weighted by Gasteiger charge is 2.30. The van der Waals surface area contributed by atoms with Gasteiger partial charge in [0.1, 0.15) is 81.7 Å². The zero-order valence-electron chi connectivity index (χ0n) is 79.1. The molecule has 0 saturated carbocycles. The van der Waals surface area contributed by atoms with Gasteiger partial charge in [-0.05, 0) is 169 Å². The predicted molar refractivity (Wildman–Crippen MR) is 502 cm³/mol. The van der Waals surface area contributed by atoms with Crippen molar-refractivity contribution in [3.63, 3.8) is 0 Å². The molecule has 28 nitrogen and oxygen atoms in total. The van der Waals surface area contributed by atoms with Crippen LogP contribution in [0.15, 0.2) is 134 Å². The van der Waals surface area contributed by atoms with Crippen molar-refractivity contribution in [2.75, 3.05) is 31.8 Å². The third kappa shape index (κ3) is 32.3. The average molecular weight is 1800 g/mol. The van der Waals surface area contributed by atoms with E-state index < -0.39 is 54.0 Å². The van der Waals surface area contributed by atoms with Gasteiger partial charge in [0.25, 0.3) is 0 Å². The van der Waals surface area contributed by atoms with E-state index in [1.807, 2.05) is 184 Å². The first-order valence-corrected chi connectivity index (χ1v) is 44.1. The van der Waals surface area contributed by atoms with Gasteiger partial charge in [0, 0.05) is 59.6 Å². The normalized spacial score (nSPS) is 12.9. The standard InChI is InChI=1S/C25H31N3O5S.C25H31N3O4.C25H29N3O4.C24H31N3O3S/c1-8-28-21(13-16(2)27-28)23(32-17(3)33-24(30)34-15-22(29)31-7)20(14-26)18-9-11-19(12-10-18)25(4,5)6;2*1-8-14-30-24(29)32-18(4)31-23(22-15-17(3)27-28(22)9-2)21(16-26)19-10-12-20(13-11-19)25(5,6)7;1-8-27-21(14-16(3)26-27)22(29-17(4)30-23(28)31-9-2)20(15-25)18-10-12-19(13-11-18)24(5,6)7/h9-13,17H,8,15H2,1-7H3;8,10-13,15,18H,1,9,14H2,2-7H3;1,10-13,15,18H,9,14H2,2-7H3;10-14,17H,8-9H2,1-7H3/b23-20-;2*23-21-;22-20-. The minimum Gasteiger partial charge on any atom is -0.468 e. The SMILES string of the molecule is C#CCOC(=O)OC(C)O/C(=C(/C#N)c1ccc(C(C)(C)C)cc1)c1cc(C)nn1CC.C=CCOC(=O)OC(C)O/C(=C(/C#N)c1ccc(C(C)(C)C)cc1)c1cc(C)nn1CC.CCSC(=O)OC(C)O/C(=C(/C#N)c1ccc(C(C)(C)C)cc1)c1cc(C)nn1CC.CCn1nc(C)cc1/C(OC(C)OC(=O)SCC(=O)OC)=C(\C#N)c1ccc(C(C)(C)C)cc1. The van der Waals surface area contributed by atoms with E-state index in [0.717, 1.165) is 56.8 Å². The summed E-state index contributed by atoms with van der Waals surface area (Å²) in [5.74, 6) is 3.23. The molecule has 8 rings (SSSR count). The minimum absolute atomic E-state index is 0.00594. The Bertz CT molecular complexity index is 5510. The molecule has 4 aromatic carbocycles. The van der Waals surface area contributed by atoms with E-state index in [2.05, 4.69) is 145 Å². The van der Waals surface area contributed by atoms with Gasteiger partial charge in [-0.15, -0.1) is 6.42 Å². The summed E-state index contributed by atoms with van der Waals surface area (Å²) in [7, 11) is 1.24. The summed E-state index contributed by atoms with van der Waals surface area (Å²) in [5.41, 5.74) is 14.2. The first kappa shape index (κ1) is 106. The zero-order valence-corrected chi connectivity index (χ0v) is 80.7. The van der Waals surface area contributed by atoms with Crippen molar-refractivity contribution >= 4 is 97.7 Å². The second-order valence-corrected chi connectivity index (χ2v) is 35.2. The number of aromatic nitrogens is 8. The van der Waals surface area contributed by atoms with Crippen molar-refractivity contribution < 1.29 is 76.1 Å². The molecule has 4 heterocycles. The number of carbonyl (C=O) groups excluding carboxylic acids is 5. The number of nitriles is 4. The number of esters is 1. The number of terminal acetylenes is 1. The predicted octanol–water partition coefficient (Wildman–Crippen LogP) is 22.1. The Morgan fingerprint density at radius 3 is 0.876 bits per heavy atom. The molecular weight excluding hydrogens is 1680 g/mol. The maximum absolute atomic E-state index is 12.1. The van der Waals surface area contributed by atoms with E-state index in [1.54, 1.807) is 39.5 Å². The number of thioether (sulfide) groups is 2. The van der Waals surface area contributed by atoms with Crippen LogP contribution in [0.4, 0.5) is 19.2 Å². The maximum atomic E-state index is 12.1. The molecule has 0 aliphatic heterocycles. The largest absolute Gasteiger partial charge is 0.512 e. The van der Waals surface area contributed by atoms with Gasteiger partial charge in [0.2, 0.25) is 25.2 Å². The molecule has 0 N–H and O–H groups in total. The van der Waals surface area contributed by atoms with E-state index in [4.69, 9.17) is 53.8 Å². The van der Waals surface area contributed by atoms with Crippen molar-refractivity contribution in [2.24, 2.45) is 0 Å². The van der Waals surface area contributed by atoms with Gasteiger partial charge in [-0.1, -0.05) is 206 Å². The van der Waals surface area contributed by atoms with Gasteiger partial charge >= 0.3 is 28.9 Å². The third-order valence-corrected chi connectivity index (χ3v) is 20.2. The molecule has 0 bridgehead atoms. The lowest BCUT2D eigenvalue weighted by atomic mass is 9.86. The summed E-state index contributed by atoms with van der Waals surface area (Å²) >= 11 is 1.74. The molecule has 0 saturated heterocycles. The Morgan fingerprint density at radius 2 is 0.659 bits per heavy atom. The number of allylic oxidation sites excluding steroid dienone is 4. The lowest BCUT2D eigenvalue weighted by Crippen LogP contribution is -2.20. The fraction of sp³-hybridized carbons (Fsp3) is 0.424. The van der Waals surface area contributed by atoms with Gasteiger partial charge in [-0.25, -0.2) is 19.2 Å². The van der Waals surface area contributed by atoms with Crippen LogP contribution in [-0.4, -0.2) is 125 Å². The van der Waals surface area contributed by atoms with Gasteiger partial charge in [0.05, 0.1) is 29.9 Å². The Morgan fingerprint density at radius 1 is 0.411 bits per heavy atom. The molecule has 0 aliphatic rings. The lowest BCUT2D eigenvalue weighted by molar-refractivity contribution is -0.137. The van der Waals surface area contributed by atoms with Crippen LogP contribution in [0, 0.1) is 85.4 Å². The fourth-order valence-corrected chi connectivity index (χ4v) is 13.4. The molecule has 30 heteroatoms. The number of benzene rings is 4. The smallest absolute Gasteiger partial charge is 0.468 e. The van der Waals surface area contributed by atoms with Gasteiger partial charge in [-0.2, -0.15) is 41.4 Å². The average Bonchev–Trinajstić information content (AvgIpc) is 1.73. The highest BCUT2D eigenvalue weighted by molar-refractivity contribution is 8.13. The Hall–Kier alpha value is -13.2. The number of hydrogen-bond acceptors (Lipinski definition) is 26. The lowest BCUT2D eigenvalue weighted by Gasteiger charge is -2.21. The molecule has 4 aromatic heterocycles. The van der Waals surface area contributed by atoms with Crippen molar-refractivity contribution in [2.45, 2.75) is 246 Å². The molecular formula is C99H122N12O16S2. The third-order valence-electron chi connectivity index (χ3n) is 18.8. The quantitative estimate of drug-likeness (QED) is 0.00767. The molecule has 4 atom stereocenters. The first-order chi connectivity index (χ1) is 60.8. The molecule has 129 heavy (non-hydrogen) atoms. The van der Waals surface area contributed by atoms with Crippen LogP contribution in [0.5, 0.6) is 0 Å². The maximum Gasteiger partial charge on any atom is 0.512 e. The summed E-state index contributed by atoms with van der Waals surface area (Å²) in [6.07, 6.45) is 0.772. The Labute approximate surface area is 768 Å². The van der Waals surface area contributed by atoms with Crippen LogP contribution < -0.4 is 0 Å². The number of methoxy groups -OCH3 is 1. The van der Waals surface area contributed by atoms with Crippen molar-refractivity contribution in [3.8, 4) is 36.6 Å². The molecule has 0 amide bonds.